The fraction of sp³-hybridized carbons (Fsp3) is 0.467. The third-order valence-electron chi connectivity index (χ3n) is 3.61. The van der Waals surface area contributed by atoms with E-state index >= 15 is 0 Å². The van der Waals surface area contributed by atoms with Crippen molar-refractivity contribution in [3.63, 3.8) is 0 Å². The van der Waals surface area contributed by atoms with Crippen LogP contribution in [0.15, 0.2) is 24.3 Å². The van der Waals surface area contributed by atoms with Gasteiger partial charge in [0.1, 0.15) is 0 Å². The van der Waals surface area contributed by atoms with Gasteiger partial charge in [-0.15, -0.1) is 0 Å². The van der Waals surface area contributed by atoms with Crippen molar-refractivity contribution in [2.24, 2.45) is 5.92 Å². The van der Waals surface area contributed by atoms with Gasteiger partial charge in [-0.2, -0.15) is 5.26 Å². The summed E-state index contributed by atoms with van der Waals surface area (Å²) in [5.74, 6) is 0.605. The Balaban J connectivity index is 1.89. The number of likely N-dealkylation sites (tertiary alicyclic amines) is 1. The zero-order valence-electron chi connectivity index (χ0n) is 10.9. The lowest BCUT2D eigenvalue weighted by Crippen LogP contribution is -2.28. The number of Topliss-reactive ketones (excluding diaryl/α,β-unsaturated/α-hetero) is 1. The van der Waals surface area contributed by atoms with Crippen molar-refractivity contribution in [3.05, 3.63) is 35.4 Å². The highest BCUT2D eigenvalue weighted by Gasteiger charge is 2.23. The summed E-state index contributed by atoms with van der Waals surface area (Å²) in [6.45, 7) is 2.46. The number of ketones is 1. The molecule has 0 aliphatic carbocycles. The monoisotopic (exact) mass is 258 g/mol. The third-order valence-corrected chi connectivity index (χ3v) is 3.61. The van der Waals surface area contributed by atoms with E-state index in [-0.39, 0.29) is 12.4 Å². The Labute approximate surface area is 113 Å². The molecule has 1 atom stereocenters. The van der Waals surface area contributed by atoms with Gasteiger partial charge < -0.3 is 5.11 Å². The number of nitrogens with zero attached hydrogens (tertiary/aromatic N) is 2. The fourth-order valence-electron chi connectivity index (χ4n) is 2.50. The highest BCUT2D eigenvalue weighted by Crippen LogP contribution is 2.19. The number of hydrogen-bond acceptors (Lipinski definition) is 4. The molecule has 0 saturated carbocycles. The standard InChI is InChI=1S/C15H18N2O2/c16-9-12-1-3-14(4-2-12)15(19)11-17-7-5-13(10-17)6-8-18/h1-4,13,18H,5-8,10-11H2. The minimum absolute atomic E-state index is 0.0918. The molecule has 1 unspecified atom stereocenters. The van der Waals surface area contributed by atoms with E-state index in [9.17, 15) is 4.79 Å². The van der Waals surface area contributed by atoms with E-state index in [4.69, 9.17) is 10.4 Å². The van der Waals surface area contributed by atoms with Crippen molar-refractivity contribution in [3.8, 4) is 6.07 Å². The van der Waals surface area contributed by atoms with Crippen LogP contribution in [0.4, 0.5) is 0 Å². The van der Waals surface area contributed by atoms with Gasteiger partial charge in [0.05, 0.1) is 18.2 Å². The normalized spacial score (nSPS) is 19.3. The molecule has 1 N–H and O–H groups in total. The molecule has 1 aliphatic rings. The quantitative estimate of drug-likeness (QED) is 0.812. The van der Waals surface area contributed by atoms with Gasteiger partial charge in [0, 0.05) is 18.7 Å². The summed E-state index contributed by atoms with van der Waals surface area (Å²) in [7, 11) is 0. The van der Waals surface area contributed by atoms with Crippen molar-refractivity contribution >= 4 is 5.78 Å². The Kier molecular flexibility index (Phi) is 4.67. The summed E-state index contributed by atoms with van der Waals surface area (Å²) in [5.41, 5.74) is 1.23. The maximum atomic E-state index is 12.1. The van der Waals surface area contributed by atoms with Crippen LogP contribution in [0, 0.1) is 17.2 Å². The Morgan fingerprint density at radius 3 is 2.79 bits per heavy atom. The molecule has 0 radical (unpaired) electrons. The summed E-state index contributed by atoms with van der Waals surface area (Å²) >= 11 is 0. The van der Waals surface area contributed by atoms with Gasteiger partial charge in [0.15, 0.2) is 5.78 Å². The number of carbonyl (C=O) groups excluding carboxylic acids is 1. The summed E-state index contributed by atoms with van der Waals surface area (Å²) < 4.78 is 0. The van der Waals surface area contributed by atoms with Crippen molar-refractivity contribution < 1.29 is 9.90 Å². The number of hydrogen-bond donors (Lipinski definition) is 1. The van der Waals surface area contributed by atoms with Gasteiger partial charge in [-0.1, -0.05) is 12.1 Å². The van der Waals surface area contributed by atoms with Crippen LogP contribution in [0.3, 0.4) is 0 Å². The number of nitriles is 1. The molecular weight excluding hydrogens is 240 g/mol. The summed E-state index contributed by atoms with van der Waals surface area (Å²) in [6, 6.07) is 8.81. The van der Waals surface area contributed by atoms with Crippen LogP contribution in [0.5, 0.6) is 0 Å². The highest BCUT2D eigenvalue weighted by molar-refractivity contribution is 5.97. The average molecular weight is 258 g/mol. The Hall–Kier alpha value is -1.70. The van der Waals surface area contributed by atoms with Gasteiger partial charge >= 0.3 is 0 Å². The van der Waals surface area contributed by atoms with Gasteiger partial charge in [0.25, 0.3) is 0 Å². The van der Waals surface area contributed by atoms with Gasteiger partial charge in [0.2, 0.25) is 0 Å². The Morgan fingerprint density at radius 2 is 2.16 bits per heavy atom. The lowest BCUT2D eigenvalue weighted by atomic mass is 10.1. The van der Waals surface area contributed by atoms with Crippen molar-refractivity contribution in [1.82, 2.24) is 4.90 Å². The van der Waals surface area contributed by atoms with Gasteiger partial charge in [-0.05, 0) is 37.4 Å². The minimum atomic E-state index is 0.0918. The predicted molar refractivity (Wildman–Crippen MR) is 71.7 cm³/mol. The Bertz CT molecular complexity index is 476. The molecule has 4 heteroatoms. The van der Waals surface area contributed by atoms with Crippen LogP contribution in [0.1, 0.15) is 28.8 Å². The van der Waals surface area contributed by atoms with E-state index in [1.165, 1.54) is 0 Å². The lowest BCUT2D eigenvalue weighted by Gasteiger charge is -2.14. The van der Waals surface area contributed by atoms with E-state index in [0.717, 1.165) is 25.9 Å². The molecule has 1 fully saturated rings. The lowest BCUT2D eigenvalue weighted by molar-refractivity contribution is 0.0942. The first-order valence-electron chi connectivity index (χ1n) is 6.59. The maximum Gasteiger partial charge on any atom is 0.176 e. The molecule has 1 aromatic rings. The van der Waals surface area contributed by atoms with Crippen LogP contribution in [0.2, 0.25) is 0 Å². The van der Waals surface area contributed by atoms with Gasteiger partial charge in [-0.3, -0.25) is 9.69 Å². The van der Waals surface area contributed by atoms with E-state index in [2.05, 4.69) is 4.90 Å². The summed E-state index contributed by atoms with van der Waals surface area (Å²) in [5, 5.41) is 17.6. The molecule has 1 saturated heterocycles. The second-order valence-electron chi connectivity index (χ2n) is 5.01. The zero-order chi connectivity index (χ0) is 13.7. The first-order chi connectivity index (χ1) is 9.22. The molecule has 1 heterocycles. The average Bonchev–Trinajstić information content (AvgIpc) is 2.86. The largest absolute Gasteiger partial charge is 0.396 e. The highest BCUT2D eigenvalue weighted by atomic mass is 16.3. The van der Waals surface area contributed by atoms with Crippen molar-refractivity contribution in [2.75, 3.05) is 26.2 Å². The molecule has 0 bridgehead atoms. The molecule has 4 nitrogen and oxygen atoms in total. The van der Waals surface area contributed by atoms with Crippen molar-refractivity contribution in [1.29, 1.82) is 5.26 Å². The maximum absolute atomic E-state index is 12.1. The molecule has 0 amide bonds. The topological polar surface area (TPSA) is 64.3 Å². The van der Waals surface area contributed by atoms with Crippen LogP contribution in [-0.2, 0) is 0 Å². The molecule has 2 rings (SSSR count). The summed E-state index contributed by atoms with van der Waals surface area (Å²) in [4.78, 5) is 14.2. The fourth-order valence-corrected chi connectivity index (χ4v) is 2.50. The van der Waals surface area contributed by atoms with Crippen molar-refractivity contribution in [2.45, 2.75) is 12.8 Å². The second-order valence-corrected chi connectivity index (χ2v) is 5.01. The van der Waals surface area contributed by atoms with Crippen LogP contribution in [0.25, 0.3) is 0 Å². The number of benzene rings is 1. The number of carbonyl (C=O) groups is 1. The first-order valence-corrected chi connectivity index (χ1v) is 6.59. The second kappa shape index (κ2) is 6.46. The Morgan fingerprint density at radius 1 is 1.42 bits per heavy atom. The van der Waals surface area contributed by atoms with Crippen LogP contribution in [-0.4, -0.2) is 42.0 Å². The molecule has 1 aromatic carbocycles. The molecule has 100 valence electrons. The molecule has 19 heavy (non-hydrogen) atoms. The third kappa shape index (κ3) is 3.63. The molecule has 1 aliphatic heterocycles. The molecular formula is C15H18N2O2. The van der Waals surface area contributed by atoms with E-state index in [0.29, 0.717) is 23.6 Å². The number of rotatable bonds is 5. The molecule has 0 spiro atoms. The van der Waals surface area contributed by atoms with E-state index in [1.54, 1.807) is 24.3 Å². The zero-order valence-corrected chi connectivity index (χ0v) is 10.9. The van der Waals surface area contributed by atoms with E-state index in [1.807, 2.05) is 6.07 Å². The summed E-state index contributed by atoms with van der Waals surface area (Å²) in [6.07, 6.45) is 1.88. The van der Waals surface area contributed by atoms with E-state index < -0.39 is 0 Å². The first kappa shape index (κ1) is 13.7. The van der Waals surface area contributed by atoms with Gasteiger partial charge in [-0.25, -0.2) is 0 Å². The number of aliphatic hydroxyl groups excluding tert-OH is 1. The minimum Gasteiger partial charge on any atom is -0.396 e. The SMILES string of the molecule is N#Cc1ccc(C(=O)CN2CCC(CCO)C2)cc1. The van der Waals surface area contributed by atoms with Crippen LogP contribution < -0.4 is 0 Å². The number of aliphatic hydroxyl groups is 1. The predicted octanol–water partition coefficient (Wildman–Crippen LogP) is 1.45. The molecule has 0 aromatic heterocycles. The smallest absolute Gasteiger partial charge is 0.176 e. The van der Waals surface area contributed by atoms with Crippen LogP contribution >= 0.6 is 0 Å².